The Kier molecular flexibility index (Phi) is 2.04. The molecule has 1 fully saturated rings. The summed E-state index contributed by atoms with van der Waals surface area (Å²) >= 11 is 0. The average molecular weight is 192 g/mol. The van der Waals surface area contributed by atoms with Crippen molar-refractivity contribution in [2.75, 3.05) is 5.73 Å². The van der Waals surface area contributed by atoms with Gasteiger partial charge in [0.2, 0.25) is 0 Å². The van der Waals surface area contributed by atoms with Crippen molar-refractivity contribution in [1.29, 1.82) is 0 Å². The fourth-order valence-electron chi connectivity index (χ4n) is 1.23. The van der Waals surface area contributed by atoms with Crippen LogP contribution in [0, 0.1) is 0 Å². The van der Waals surface area contributed by atoms with Crippen LogP contribution in [-0.4, -0.2) is 12.0 Å². The van der Waals surface area contributed by atoms with E-state index in [1.165, 1.54) is 0 Å². The molecular weight excluding hydrogens is 180 g/mol. The van der Waals surface area contributed by atoms with E-state index in [0.29, 0.717) is 17.0 Å². The van der Waals surface area contributed by atoms with Gasteiger partial charge in [0, 0.05) is 0 Å². The first-order valence-electron chi connectivity index (χ1n) is 4.53. The molecule has 1 saturated carbocycles. The summed E-state index contributed by atoms with van der Waals surface area (Å²) in [5, 5.41) is 0. The number of nitrogen functional groups attached to an aromatic ring is 1. The zero-order chi connectivity index (χ0) is 10.1. The summed E-state index contributed by atoms with van der Waals surface area (Å²) in [6.07, 6.45) is 2.38. The van der Waals surface area contributed by atoms with Crippen molar-refractivity contribution in [1.82, 2.24) is 0 Å². The topological polar surface area (TPSA) is 78.3 Å². The predicted molar refractivity (Wildman–Crippen MR) is 53.0 cm³/mol. The fraction of sp³-hybridized carbons (Fsp3) is 0.300. The number of anilines is 1. The van der Waals surface area contributed by atoms with Crippen molar-refractivity contribution in [3.63, 3.8) is 0 Å². The molecule has 0 aliphatic heterocycles. The molecule has 74 valence electrons. The first-order valence-corrected chi connectivity index (χ1v) is 4.53. The third-order valence-electron chi connectivity index (χ3n) is 2.15. The summed E-state index contributed by atoms with van der Waals surface area (Å²) in [6, 6.07) is 5.06. The third-order valence-corrected chi connectivity index (χ3v) is 2.15. The van der Waals surface area contributed by atoms with Gasteiger partial charge < -0.3 is 16.2 Å². The summed E-state index contributed by atoms with van der Waals surface area (Å²) in [6.45, 7) is 0. The zero-order valence-electron chi connectivity index (χ0n) is 7.69. The Labute approximate surface area is 81.8 Å². The van der Waals surface area contributed by atoms with E-state index in [-0.39, 0.29) is 6.10 Å². The van der Waals surface area contributed by atoms with E-state index in [0.717, 1.165) is 12.8 Å². The molecule has 0 radical (unpaired) electrons. The van der Waals surface area contributed by atoms with Crippen molar-refractivity contribution in [3.05, 3.63) is 23.8 Å². The van der Waals surface area contributed by atoms with Crippen molar-refractivity contribution < 1.29 is 9.53 Å². The van der Waals surface area contributed by atoms with E-state index < -0.39 is 5.91 Å². The van der Waals surface area contributed by atoms with Gasteiger partial charge in [-0.05, 0) is 25.0 Å². The molecule has 1 aromatic carbocycles. The number of benzene rings is 1. The second-order valence-corrected chi connectivity index (χ2v) is 3.40. The van der Waals surface area contributed by atoms with Crippen molar-refractivity contribution in [3.8, 4) is 5.75 Å². The average Bonchev–Trinajstić information content (AvgIpc) is 2.92. The number of primary amides is 1. The SMILES string of the molecule is NC(=O)c1cccc(OC2CC2)c1N. The van der Waals surface area contributed by atoms with E-state index in [2.05, 4.69) is 0 Å². The van der Waals surface area contributed by atoms with Crippen LogP contribution in [0.2, 0.25) is 0 Å². The highest BCUT2D eigenvalue weighted by atomic mass is 16.5. The molecule has 0 saturated heterocycles. The maximum atomic E-state index is 11.0. The molecule has 2 rings (SSSR count). The largest absolute Gasteiger partial charge is 0.488 e. The summed E-state index contributed by atoms with van der Waals surface area (Å²) in [4.78, 5) is 11.0. The van der Waals surface area contributed by atoms with Gasteiger partial charge >= 0.3 is 0 Å². The number of amides is 1. The molecule has 1 amide bonds. The Morgan fingerprint density at radius 3 is 2.71 bits per heavy atom. The van der Waals surface area contributed by atoms with E-state index in [1.54, 1.807) is 18.2 Å². The maximum absolute atomic E-state index is 11.0. The maximum Gasteiger partial charge on any atom is 0.250 e. The lowest BCUT2D eigenvalue weighted by molar-refractivity contribution is 0.100. The summed E-state index contributed by atoms with van der Waals surface area (Å²) in [5.41, 5.74) is 11.6. The molecule has 1 aliphatic rings. The molecule has 1 aliphatic carbocycles. The van der Waals surface area contributed by atoms with Gasteiger partial charge in [-0.2, -0.15) is 0 Å². The highest BCUT2D eigenvalue weighted by Gasteiger charge is 2.24. The van der Waals surface area contributed by atoms with Crippen LogP contribution in [0.5, 0.6) is 5.75 Å². The number of carbonyl (C=O) groups excluding carboxylic acids is 1. The standard InChI is InChI=1S/C10H12N2O2/c11-9-7(10(12)13)2-1-3-8(9)14-6-4-5-6/h1-3,6H,4-5,11H2,(H2,12,13). The normalized spacial score (nSPS) is 15.1. The van der Waals surface area contributed by atoms with Gasteiger partial charge in [-0.1, -0.05) is 6.07 Å². The molecule has 1 aromatic rings. The van der Waals surface area contributed by atoms with Crippen LogP contribution in [0.25, 0.3) is 0 Å². The van der Waals surface area contributed by atoms with Gasteiger partial charge in [-0.3, -0.25) is 4.79 Å². The molecule has 4 heteroatoms. The van der Waals surface area contributed by atoms with Crippen LogP contribution in [0.15, 0.2) is 18.2 Å². The smallest absolute Gasteiger partial charge is 0.250 e. The van der Waals surface area contributed by atoms with Gasteiger partial charge in [0.25, 0.3) is 5.91 Å². The van der Waals surface area contributed by atoms with Crippen molar-refractivity contribution in [2.45, 2.75) is 18.9 Å². The van der Waals surface area contributed by atoms with Crippen LogP contribution < -0.4 is 16.2 Å². The number of hydrogen-bond donors (Lipinski definition) is 2. The number of para-hydroxylation sites is 1. The first kappa shape index (κ1) is 8.87. The van der Waals surface area contributed by atoms with E-state index >= 15 is 0 Å². The molecular formula is C10H12N2O2. The number of rotatable bonds is 3. The van der Waals surface area contributed by atoms with Crippen LogP contribution >= 0.6 is 0 Å². The van der Waals surface area contributed by atoms with Gasteiger partial charge in [-0.15, -0.1) is 0 Å². The molecule has 14 heavy (non-hydrogen) atoms. The third kappa shape index (κ3) is 1.64. The summed E-state index contributed by atoms with van der Waals surface area (Å²) in [7, 11) is 0. The van der Waals surface area contributed by atoms with Gasteiger partial charge in [0.1, 0.15) is 5.75 Å². The van der Waals surface area contributed by atoms with E-state index in [4.69, 9.17) is 16.2 Å². The Morgan fingerprint density at radius 1 is 1.43 bits per heavy atom. The van der Waals surface area contributed by atoms with E-state index in [1.807, 2.05) is 0 Å². The second kappa shape index (κ2) is 3.21. The quantitative estimate of drug-likeness (QED) is 0.698. The molecule has 4 nitrogen and oxygen atoms in total. The number of hydrogen-bond acceptors (Lipinski definition) is 3. The summed E-state index contributed by atoms with van der Waals surface area (Å²) in [5.74, 6) is 0.0348. The lowest BCUT2D eigenvalue weighted by atomic mass is 10.1. The highest BCUT2D eigenvalue weighted by Crippen LogP contribution is 2.31. The zero-order valence-corrected chi connectivity index (χ0v) is 7.69. The first-order chi connectivity index (χ1) is 6.68. The van der Waals surface area contributed by atoms with E-state index in [9.17, 15) is 4.79 Å². The predicted octanol–water partition coefficient (Wildman–Crippen LogP) is 0.909. The summed E-state index contributed by atoms with van der Waals surface area (Å²) < 4.78 is 5.51. The van der Waals surface area contributed by atoms with Crippen LogP contribution in [-0.2, 0) is 0 Å². The molecule has 0 bridgehead atoms. The highest BCUT2D eigenvalue weighted by molar-refractivity contribution is 5.99. The van der Waals surface area contributed by atoms with Gasteiger partial charge in [0.15, 0.2) is 0 Å². The van der Waals surface area contributed by atoms with Crippen molar-refractivity contribution >= 4 is 11.6 Å². The number of nitrogens with two attached hydrogens (primary N) is 2. The minimum Gasteiger partial charge on any atom is -0.488 e. The lowest BCUT2D eigenvalue weighted by Crippen LogP contribution is -2.14. The van der Waals surface area contributed by atoms with Crippen LogP contribution in [0.3, 0.4) is 0 Å². The Bertz CT molecular complexity index is 372. The van der Waals surface area contributed by atoms with Crippen molar-refractivity contribution in [2.24, 2.45) is 5.73 Å². The Hall–Kier alpha value is -1.71. The minimum absolute atomic E-state index is 0.264. The molecule has 0 heterocycles. The fourth-order valence-corrected chi connectivity index (χ4v) is 1.23. The minimum atomic E-state index is -0.524. The lowest BCUT2D eigenvalue weighted by Gasteiger charge is -2.09. The van der Waals surface area contributed by atoms with Crippen LogP contribution in [0.4, 0.5) is 5.69 Å². The number of carbonyl (C=O) groups is 1. The molecule has 0 unspecified atom stereocenters. The van der Waals surface area contributed by atoms with Gasteiger partial charge in [-0.25, -0.2) is 0 Å². The molecule has 0 spiro atoms. The Morgan fingerprint density at radius 2 is 2.14 bits per heavy atom. The Balaban J connectivity index is 2.30. The molecule has 0 aromatic heterocycles. The second-order valence-electron chi connectivity index (χ2n) is 3.40. The molecule has 0 atom stereocenters. The number of ether oxygens (including phenoxy) is 1. The molecule has 4 N–H and O–H groups in total. The monoisotopic (exact) mass is 192 g/mol. The van der Waals surface area contributed by atoms with Crippen LogP contribution in [0.1, 0.15) is 23.2 Å². The van der Waals surface area contributed by atoms with Gasteiger partial charge in [0.05, 0.1) is 17.4 Å².